The molecule has 0 fully saturated rings. The molecular weight excluding hydrogens is 436 g/mol. The van der Waals surface area contributed by atoms with Crippen molar-refractivity contribution in [3.05, 3.63) is 82.9 Å². The maximum atomic E-state index is 12.4. The zero-order valence-corrected chi connectivity index (χ0v) is 19.0. The van der Waals surface area contributed by atoms with Gasteiger partial charge in [0, 0.05) is 17.5 Å². The van der Waals surface area contributed by atoms with Gasteiger partial charge in [-0.2, -0.15) is 5.10 Å². The first-order valence-electron chi connectivity index (χ1n) is 10.8. The number of carboxylic acid groups (broad SMARTS) is 1. The predicted octanol–water partition coefficient (Wildman–Crippen LogP) is 4.65. The third-order valence-corrected chi connectivity index (χ3v) is 6.16. The van der Waals surface area contributed by atoms with Crippen molar-refractivity contribution in [3.63, 3.8) is 0 Å². The molecule has 0 aliphatic carbocycles. The van der Waals surface area contributed by atoms with E-state index in [0.717, 1.165) is 16.8 Å². The summed E-state index contributed by atoms with van der Waals surface area (Å²) in [6.45, 7) is 0. The minimum atomic E-state index is -1.15. The Morgan fingerprint density at radius 2 is 1.71 bits per heavy atom. The highest BCUT2D eigenvalue weighted by Crippen LogP contribution is 2.52. The van der Waals surface area contributed by atoms with Crippen molar-refractivity contribution in [3.8, 4) is 23.0 Å². The van der Waals surface area contributed by atoms with Crippen molar-refractivity contribution >= 4 is 11.7 Å². The zero-order chi connectivity index (χ0) is 23.8. The fourth-order valence-corrected chi connectivity index (χ4v) is 4.62. The maximum absolute atomic E-state index is 12.4. The Morgan fingerprint density at radius 1 is 0.941 bits per heavy atom. The van der Waals surface area contributed by atoms with Gasteiger partial charge in [0.1, 0.15) is 5.56 Å². The quantitative estimate of drug-likeness (QED) is 0.573. The van der Waals surface area contributed by atoms with E-state index in [1.807, 2.05) is 53.5 Å². The smallest absolute Gasteiger partial charge is 0.340 e. The van der Waals surface area contributed by atoms with Crippen LogP contribution in [0.3, 0.4) is 0 Å². The molecule has 0 radical (unpaired) electrons. The average molecular weight is 460 g/mol. The lowest BCUT2D eigenvalue weighted by atomic mass is 9.94. The van der Waals surface area contributed by atoms with E-state index in [-0.39, 0.29) is 17.4 Å². The first-order chi connectivity index (χ1) is 16.6. The standard InChI is InChI=1S/C26H24N2O6/c1-31-20-11-7-10-16-19-14-18(15-8-5-4-6-9-15)27-28(19)25(34-23(16)20)17-12-13-21(32-2)24(33-3)22(17)26(29)30/h4-13,19,25H,14H2,1-3H3,(H,29,30). The van der Waals surface area contributed by atoms with Gasteiger partial charge < -0.3 is 24.1 Å². The van der Waals surface area contributed by atoms with Crippen LogP contribution in [0.4, 0.5) is 0 Å². The number of methoxy groups -OCH3 is 3. The minimum absolute atomic E-state index is 0.0349. The summed E-state index contributed by atoms with van der Waals surface area (Å²) < 4.78 is 22.8. The highest BCUT2D eigenvalue weighted by atomic mass is 16.5. The predicted molar refractivity (Wildman–Crippen MR) is 125 cm³/mol. The molecule has 2 aliphatic heterocycles. The van der Waals surface area contributed by atoms with Crippen molar-refractivity contribution in [2.24, 2.45) is 5.10 Å². The van der Waals surface area contributed by atoms with Crippen LogP contribution >= 0.6 is 0 Å². The van der Waals surface area contributed by atoms with Gasteiger partial charge in [0.25, 0.3) is 0 Å². The molecular formula is C26H24N2O6. The lowest BCUT2D eigenvalue weighted by Crippen LogP contribution is -2.35. The molecule has 0 saturated carbocycles. The van der Waals surface area contributed by atoms with Crippen LogP contribution in [0.1, 0.15) is 45.7 Å². The molecule has 0 amide bonds. The van der Waals surface area contributed by atoms with Gasteiger partial charge in [0.2, 0.25) is 6.23 Å². The normalized spacial score (nSPS) is 18.3. The van der Waals surface area contributed by atoms with Gasteiger partial charge >= 0.3 is 5.97 Å². The van der Waals surface area contributed by atoms with Gasteiger partial charge in [-0.25, -0.2) is 9.80 Å². The lowest BCUT2D eigenvalue weighted by Gasteiger charge is -2.39. The Balaban J connectivity index is 1.71. The fraction of sp³-hybridized carbons (Fsp3) is 0.231. The van der Waals surface area contributed by atoms with Gasteiger partial charge in [-0.1, -0.05) is 42.5 Å². The SMILES string of the molecule is COc1cccc2c1OC(c1ccc(OC)c(OC)c1C(=O)O)N1N=C(c3ccccc3)CC21. The second-order valence-electron chi connectivity index (χ2n) is 7.93. The van der Waals surface area contributed by atoms with Crippen molar-refractivity contribution in [2.75, 3.05) is 21.3 Å². The van der Waals surface area contributed by atoms with Crippen LogP contribution in [0.2, 0.25) is 0 Å². The highest BCUT2D eigenvalue weighted by Gasteiger charge is 2.44. The van der Waals surface area contributed by atoms with Crippen LogP contribution in [0.15, 0.2) is 65.8 Å². The molecule has 8 nitrogen and oxygen atoms in total. The molecule has 3 aromatic rings. The molecule has 5 rings (SSSR count). The summed E-state index contributed by atoms with van der Waals surface area (Å²) in [5, 5.41) is 16.9. The Labute approximate surface area is 196 Å². The first kappa shape index (κ1) is 21.6. The Hall–Kier alpha value is -4.20. The van der Waals surface area contributed by atoms with E-state index in [4.69, 9.17) is 24.0 Å². The van der Waals surface area contributed by atoms with E-state index in [9.17, 15) is 9.90 Å². The number of hydrazone groups is 1. The molecule has 34 heavy (non-hydrogen) atoms. The Morgan fingerprint density at radius 3 is 2.38 bits per heavy atom. The average Bonchev–Trinajstić information content (AvgIpc) is 3.33. The van der Waals surface area contributed by atoms with E-state index < -0.39 is 12.2 Å². The van der Waals surface area contributed by atoms with Crippen molar-refractivity contribution in [1.82, 2.24) is 5.01 Å². The molecule has 0 aromatic heterocycles. The van der Waals surface area contributed by atoms with Gasteiger partial charge in [-0.3, -0.25) is 0 Å². The van der Waals surface area contributed by atoms with E-state index in [0.29, 0.717) is 29.2 Å². The number of benzene rings is 3. The number of rotatable bonds is 6. The van der Waals surface area contributed by atoms with Gasteiger partial charge in [-0.05, 0) is 23.8 Å². The number of hydrogen-bond donors (Lipinski definition) is 1. The van der Waals surface area contributed by atoms with E-state index in [2.05, 4.69) is 0 Å². The number of nitrogens with zero attached hydrogens (tertiary/aromatic N) is 2. The summed E-state index contributed by atoms with van der Waals surface area (Å²) in [7, 11) is 4.47. The number of fused-ring (bicyclic) bond motifs is 3. The maximum Gasteiger partial charge on any atom is 0.340 e. The number of para-hydroxylation sites is 1. The Bertz CT molecular complexity index is 1270. The van der Waals surface area contributed by atoms with Gasteiger partial charge in [-0.15, -0.1) is 0 Å². The summed E-state index contributed by atoms with van der Waals surface area (Å²) in [5.74, 6) is 0.455. The Kier molecular flexibility index (Phi) is 5.49. The number of carbonyl (C=O) groups is 1. The third-order valence-electron chi connectivity index (χ3n) is 6.16. The summed E-state index contributed by atoms with van der Waals surface area (Å²) in [4.78, 5) is 12.4. The van der Waals surface area contributed by atoms with Crippen molar-refractivity contribution in [2.45, 2.75) is 18.7 Å². The zero-order valence-electron chi connectivity index (χ0n) is 19.0. The monoisotopic (exact) mass is 460 g/mol. The van der Waals surface area contributed by atoms with Crippen LogP contribution in [-0.2, 0) is 0 Å². The molecule has 2 heterocycles. The molecule has 2 aliphatic rings. The third kappa shape index (κ3) is 3.39. The molecule has 0 spiro atoms. The lowest BCUT2D eigenvalue weighted by molar-refractivity contribution is -0.0217. The second kappa shape index (κ2) is 8.62. The second-order valence-corrected chi connectivity index (χ2v) is 7.93. The van der Waals surface area contributed by atoms with Crippen molar-refractivity contribution < 1.29 is 28.8 Å². The largest absolute Gasteiger partial charge is 0.493 e. The number of aromatic carboxylic acids is 1. The number of hydrogen-bond acceptors (Lipinski definition) is 7. The number of carboxylic acids is 1. The summed E-state index contributed by atoms with van der Waals surface area (Å²) in [6, 6.07) is 18.9. The number of ether oxygens (including phenoxy) is 4. The molecule has 2 atom stereocenters. The summed E-state index contributed by atoms with van der Waals surface area (Å²) in [6.07, 6.45) is -0.180. The van der Waals surface area contributed by atoms with Crippen LogP contribution < -0.4 is 18.9 Å². The molecule has 0 saturated heterocycles. The van der Waals surface area contributed by atoms with Crippen molar-refractivity contribution in [1.29, 1.82) is 0 Å². The van der Waals surface area contributed by atoms with Crippen LogP contribution in [0.5, 0.6) is 23.0 Å². The molecule has 3 aromatic carbocycles. The van der Waals surface area contributed by atoms with Crippen LogP contribution in [-0.4, -0.2) is 43.1 Å². The highest BCUT2D eigenvalue weighted by molar-refractivity contribution is 6.02. The molecule has 8 heteroatoms. The first-order valence-corrected chi connectivity index (χ1v) is 10.8. The van der Waals surface area contributed by atoms with E-state index >= 15 is 0 Å². The topological polar surface area (TPSA) is 89.8 Å². The van der Waals surface area contributed by atoms with Gasteiger partial charge in [0.05, 0.1) is 33.1 Å². The fourth-order valence-electron chi connectivity index (χ4n) is 4.62. The molecule has 1 N–H and O–H groups in total. The van der Waals surface area contributed by atoms with E-state index in [1.165, 1.54) is 14.2 Å². The summed E-state index contributed by atoms with van der Waals surface area (Å²) >= 11 is 0. The molecule has 2 unspecified atom stereocenters. The van der Waals surface area contributed by atoms with E-state index in [1.54, 1.807) is 19.2 Å². The van der Waals surface area contributed by atoms with Crippen LogP contribution in [0.25, 0.3) is 0 Å². The summed E-state index contributed by atoms with van der Waals surface area (Å²) in [5.41, 5.74) is 3.21. The van der Waals surface area contributed by atoms with Crippen LogP contribution in [0, 0.1) is 0 Å². The molecule has 0 bridgehead atoms. The minimum Gasteiger partial charge on any atom is -0.493 e. The molecule has 174 valence electrons. The van der Waals surface area contributed by atoms with Gasteiger partial charge in [0.15, 0.2) is 23.0 Å².